The molecule has 65 heavy (non-hydrogen) atoms. The van der Waals surface area contributed by atoms with Gasteiger partial charge in [-0.2, -0.15) is 0 Å². The van der Waals surface area contributed by atoms with Crippen molar-refractivity contribution in [2.24, 2.45) is 10.7 Å². The van der Waals surface area contributed by atoms with Crippen LogP contribution in [0.2, 0.25) is 0 Å². The molecule has 3 N–H and O–H groups in total. The van der Waals surface area contributed by atoms with Gasteiger partial charge in [-0.3, -0.25) is 10.4 Å². The largest absolute Gasteiger partial charge is 0.456 e. The van der Waals surface area contributed by atoms with E-state index in [4.69, 9.17) is 29.4 Å². The van der Waals surface area contributed by atoms with Gasteiger partial charge in [-0.1, -0.05) is 128 Å². The van der Waals surface area contributed by atoms with Crippen molar-refractivity contribution in [2.45, 2.75) is 13.5 Å². The molecule has 6 nitrogen and oxygen atoms in total. The Kier molecular flexibility index (Phi) is 10.0. The minimum absolute atomic E-state index is 0.0492. The summed E-state index contributed by atoms with van der Waals surface area (Å²) in [5, 5.41) is 16.2. The monoisotopic (exact) mass is 859 g/mol. The average molecular weight is 860 g/mol. The van der Waals surface area contributed by atoms with Crippen LogP contribution in [0.1, 0.15) is 18.1 Å². The van der Waals surface area contributed by atoms with E-state index in [1.165, 1.54) is 31.3 Å². The van der Waals surface area contributed by atoms with E-state index in [0.29, 0.717) is 12.1 Å². The minimum atomic E-state index is 0.0492. The summed E-state index contributed by atoms with van der Waals surface area (Å²) < 4.78 is 21.6. The third kappa shape index (κ3) is 7.18. The molecule has 0 saturated heterocycles. The highest BCUT2D eigenvalue weighted by molar-refractivity contribution is 7.25. The normalized spacial score (nSPS) is 12.3. The topological polar surface area (TPSA) is 102 Å². The van der Waals surface area contributed by atoms with E-state index in [1.54, 1.807) is 12.2 Å². The molecule has 4 heterocycles. The van der Waals surface area contributed by atoms with E-state index in [9.17, 15) is 0 Å². The van der Waals surface area contributed by atoms with Gasteiger partial charge in [0.1, 0.15) is 39.3 Å². The summed E-state index contributed by atoms with van der Waals surface area (Å²) in [4.78, 5) is 4.90. The number of amidine groups is 1. The zero-order valence-electron chi connectivity index (χ0n) is 35.5. The Balaban J connectivity index is 0.000000423. The van der Waals surface area contributed by atoms with Crippen LogP contribution in [-0.2, 0) is 6.54 Å². The number of hydrogen-bond donors (Lipinski definition) is 2. The maximum absolute atomic E-state index is 7.03. The van der Waals surface area contributed by atoms with Gasteiger partial charge in [0.2, 0.25) is 0 Å². The number of furan rings is 3. The van der Waals surface area contributed by atoms with Crippen LogP contribution in [0.5, 0.6) is 0 Å². The van der Waals surface area contributed by atoms with Crippen molar-refractivity contribution < 1.29 is 13.3 Å². The fraction of sp³-hybridized carbons (Fsp3) is 0.0345. The minimum Gasteiger partial charge on any atom is -0.456 e. The standard InChI is InChI=1S/C50H29NO3S.C8H12N2/c1-3-11-41-35(8-1)36-19-15-29(23-46(36)54-41)27-51-28-33-7-5-12-44-49(33)39-25-32(18-22-42(39)52-44)34-10-6-13-45-50(34)40-24-30(17-21-43(40)53-45)31-16-20-38-37-9-2-4-14-47(37)55-48(38)26-31;1-3-5-6-7(4-2)8(9)10/h1-26,28H,27H2;3-6H,2H2,1H3,(H3,9,10)/b;5-3-,7-6+. The Morgan fingerprint density at radius 3 is 2.02 bits per heavy atom. The number of nitrogens with one attached hydrogen (secondary N) is 1. The lowest BCUT2D eigenvalue weighted by atomic mass is 9.96. The smallest absolute Gasteiger partial charge is 0.136 e. The van der Waals surface area contributed by atoms with Crippen molar-refractivity contribution in [2.75, 3.05) is 0 Å². The first-order valence-corrected chi connectivity index (χ1v) is 22.3. The molecule has 0 fully saturated rings. The predicted molar refractivity (Wildman–Crippen MR) is 275 cm³/mol. The number of rotatable bonds is 8. The van der Waals surface area contributed by atoms with Gasteiger partial charge in [0.15, 0.2) is 0 Å². The predicted octanol–water partition coefficient (Wildman–Crippen LogP) is 16.3. The number of allylic oxidation sites excluding steroid dienone is 3. The van der Waals surface area contributed by atoms with Crippen LogP contribution in [-0.4, -0.2) is 12.1 Å². The quantitative estimate of drug-likeness (QED) is 0.0902. The summed E-state index contributed by atoms with van der Waals surface area (Å²) in [5.74, 6) is 0.0492. The number of nitrogens with two attached hydrogens (primary N) is 1. The molecule has 312 valence electrons. The first-order valence-electron chi connectivity index (χ1n) is 21.5. The SMILES string of the molecule is C(=NCc1ccc2c(c1)oc1ccccc12)c1cccc2oc3ccc(-c4cccc5oc6ccc(-c7ccc8c(c7)sc7ccccc78)cc6c45)cc3c12.C=C/C(=C\C=C/C)C(=N)N. The maximum atomic E-state index is 7.03. The average Bonchev–Trinajstić information content (AvgIpc) is 4.11. The lowest BCUT2D eigenvalue weighted by molar-refractivity contribution is 0.668. The molecule has 4 aromatic heterocycles. The third-order valence-electron chi connectivity index (χ3n) is 12.0. The molecule has 0 saturated carbocycles. The van der Waals surface area contributed by atoms with E-state index in [2.05, 4.69) is 134 Å². The van der Waals surface area contributed by atoms with Gasteiger partial charge in [-0.25, -0.2) is 0 Å². The number of nitrogens with zero attached hydrogens (tertiary/aromatic N) is 1. The molecule has 0 aliphatic rings. The van der Waals surface area contributed by atoms with Crippen LogP contribution in [0.4, 0.5) is 0 Å². The molecule has 8 aromatic carbocycles. The highest BCUT2D eigenvalue weighted by Crippen LogP contribution is 2.42. The van der Waals surface area contributed by atoms with Crippen molar-refractivity contribution in [1.82, 2.24) is 0 Å². The van der Waals surface area contributed by atoms with Gasteiger partial charge in [0, 0.05) is 69.8 Å². The van der Waals surface area contributed by atoms with Crippen LogP contribution in [0.25, 0.3) is 108 Å². The molecule has 0 amide bonds. The summed E-state index contributed by atoms with van der Waals surface area (Å²) in [6, 6.07) is 55.5. The third-order valence-corrected chi connectivity index (χ3v) is 13.1. The number of thiophene rings is 1. The lowest BCUT2D eigenvalue weighted by Crippen LogP contribution is -2.10. The maximum Gasteiger partial charge on any atom is 0.136 e. The van der Waals surface area contributed by atoms with Crippen LogP contribution in [0, 0.1) is 5.41 Å². The zero-order chi connectivity index (χ0) is 44.0. The van der Waals surface area contributed by atoms with Crippen molar-refractivity contribution in [3.63, 3.8) is 0 Å². The van der Waals surface area contributed by atoms with Gasteiger partial charge >= 0.3 is 0 Å². The molecule has 0 aliphatic carbocycles. The molecule has 12 aromatic rings. The lowest BCUT2D eigenvalue weighted by Gasteiger charge is -2.06. The van der Waals surface area contributed by atoms with Crippen LogP contribution in [0.15, 0.2) is 212 Å². The molecule has 7 heteroatoms. The van der Waals surface area contributed by atoms with Gasteiger partial charge < -0.3 is 19.0 Å². The second-order valence-corrected chi connectivity index (χ2v) is 17.1. The number of para-hydroxylation sites is 1. The van der Waals surface area contributed by atoms with Crippen LogP contribution < -0.4 is 5.73 Å². The van der Waals surface area contributed by atoms with Crippen LogP contribution in [0.3, 0.4) is 0 Å². The Morgan fingerprint density at radius 2 is 1.20 bits per heavy atom. The molecule has 0 unspecified atom stereocenters. The van der Waals surface area contributed by atoms with Gasteiger partial charge in [0.05, 0.1) is 6.54 Å². The molecule has 0 bridgehead atoms. The fourth-order valence-electron chi connectivity index (χ4n) is 8.87. The van der Waals surface area contributed by atoms with Crippen molar-refractivity contribution in [3.8, 4) is 22.3 Å². The molecular formula is C58H41N3O3S. The second kappa shape index (κ2) is 16.5. The summed E-state index contributed by atoms with van der Waals surface area (Å²) in [7, 11) is 0. The van der Waals surface area contributed by atoms with Crippen LogP contribution >= 0.6 is 11.3 Å². The van der Waals surface area contributed by atoms with E-state index in [1.807, 2.05) is 67.0 Å². The van der Waals surface area contributed by atoms with E-state index in [0.717, 1.165) is 88.1 Å². The highest BCUT2D eigenvalue weighted by Gasteiger charge is 2.17. The molecule has 12 rings (SSSR count). The number of aliphatic imine (C=N–C) groups is 1. The number of fused-ring (bicyclic) bond motifs is 12. The Bertz CT molecular complexity index is 3950. The summed E-state index contributed by atoms with van der Waals surface area (Å²) >= 11 is 1.85. The molecule has 0 atom stereocenters. The van der Waals surface area contributed by atoms with Gasteiger partial charge in [0.25, 0.3) is 0 Å². The summed E-state index contributed by atoms with van der Waals surface area (Å²) in [6.45, 7) is 5.95. The first kappa shape index (κ1) is 39.6. The Labute approximate surface area is 378 Å². The van der Waals surface area contributed by atoms with E-state index < -0.39 is 0 Å². The number of benzene rings is 8. The molecule has 0 spiro atoms. The van der Waals surface area contributed by atoms with Crippen molar-refractivity contribution in [1.29, 1.82) is 5.41 Å². The van der Waals surface area contributed by atoms with E-state index >= 15 is 0 Å². The van der Waals surface area contributed by atoms with E-state index in [-0.39, 0.29) is 5.84 Å². The number of hydrogen-bond acceptors (Lipinski definition) is 6. The second-order valence-electron chi connectivity index (χ2n) is 16.0. The fourth-order valence-corrected chi connectivity index (χ4v) is 10.0. The highest BCUT2D eigenvalue weighted by atomic mass is 32.1. The summed E-state index contributed by atoms with van der Waals surface area (Å²) in [5.41, 5.74) is 17.8. The van der Waals surface area contributed by atoms with Crippen molar-refractivity contribution in [3.05, 3.63) is 205 Å². The molecular weight excluding hydrogens is 819 g/mol. The van der Waals surface area contributed by atoms with Crippen molar-refractivity contribution >= 4 is 109 Å². The molecule has 0 radical (unpaired) electrons. The first-order chi connectivity index (χ1) is 31.9. The molecule has 0 aliphatic heterocycles. The van der Waals surface area contributed by atoms with Gasteiger partial charge in [-0.15, -0.1) is 11.3 Å². The zero-order valence-corrected chi connectivity index (χ0v) is 36.3. The Morgan fingerprint density at radius 1 is 0.585 bits per heavy atom. The Hall–Kier alpha value is -8.26. The summed E-state index contributed by atoms with van der Waals surface area (Å²) in [6.07, 6.45) is 8.96. The van der Waals surface area contributed by atoms with Gasteiger partial charge in [-0.05, 0) is 95.4 Å².